The van der Waals surface area contributed by atoms with Crippen LogP contribution in [0.1, 0.15) is 35.8 Å². The van der Waals surface area contributed by atoms with Crippen LogP contribution in [0.15, 0.2) is 54.7 Å². The van der Waals surface area contributed by atoms with Crippen molar-refractivity contribution in [2.24, 2.45) is 0 Å². The lowest BCUT2D eigenvalue weighted by atomic mass is 9.86. The van der Waals surface area contributed by atoms with Crippen LogP contribution in [0.3, 0.4) is 0 Å². The highest BCUT2D eigenvalue weighted by molar-refractivity contribution is 5.99. The number of nitrogens with zero attached hydrogens (tertiary/aromatic N) is 4. The molecule has 182 valence electrons. The minimum atomic E-state index is -0.944. The summed E-state index contributed by atoms with van der Waals surface area (Å²) < 4.78 is 0. The summed E-state index contributed by atoms with van der Waals surface area (Å²) >= 11 is 0. The van der Waals surface area contributed by atoms with Crippen LogP contribution in [0, 0.1) is 6.92 Å². The van der Waals surface area contributed by atoms with Crippen LogP contribution < -0.4 is 15.5 Å². The molecule has 2 N–H and O–H groups in total. The second-order valence-corrected chi connectivity index (χ2v) is 9.66. The number of aryl methyl sites for hydroxylation is 1. The maximum Gasteiger partial charge on any atom is 0.272 e. The smallest absolute Gasteiger partial charge is 0.272 e. The Morgan fingerprint density at radius 1 is 1.06 bits per heavy atom. The molecule has 0 spiro atoms. The molecule has 2 aromatic carbocycles. The second-order valence-electron chi connectivity index (χ2n) is 9.66. The van der Waals surface area contributed by atoms with E-state index in [1.54, 1.807) is 0 Å². The van der Waals surface area contributed by atoms with Crippen LogP contribution in [-0.4, -0.2) is 71.0 Å². The molecule has 5 rings (SSSR count). The van der Waals surface area contributed by atoms with Crippen LogP contribution in [0.25, 0.3) is 11.0 Å². The molecule has 1 aromatic heterocycles. The van der Waals surface area contributed by atoms with Crippen LogP contribution in [0.4, 0.5) is 5.69 Å². The van der Waals surface area contributed by atoms with E-state index in [-0.39, 0.29) is 23.6 Å². The Labute approximate surface area is 205 Å². The molecule has 8 heteroatoms. The lowest BCUT2D eigenvalue weighted by Gasteiger charge is -2.46. The molecule has 35 heavy (non-hydrogen) atoms. The average molecular weight is 473 g/mol. The van der Waals surface area contributed by atoms with E-state index in [1.165, 1.54) is 17.4 Å². The van der Waals surface area contributed by atoms with E-state index < -0.39 is 5.54 Å². The predicted molar refractivity (Wildman–Crippen MR) is 136 cm³/mol. The lowest BCUT2D eigenvalue weighted by Crippen LogP contribution is -2.66. The van der Waals surface area contributed by atoms with E-state index in [0.717, 1.165) is 12.1 Å². The van der Waals surface area contributed by atoms with Crippen LogP contribution in [-0.2, 0) is 4.79 Å². The first-order valence-corrected chi connectivity index (χ1v) is 12.3. The summed E-state index contributed by atoms with van der Waals surface area (Å²) in [6.45, 7) is 7.60. The molecule has 0 saturated carbocycles. The van der Waals surface area contributed by atoms with Crippen LogP contribution in [0.5, 0.6) is 0 Å². The quantitative estimate of drug-likeness (QED) is 0.607. The summed E-state index contributed by atoms with van der Waals surface area (Å²) in [6.07, 6.45) is 2.58. The molecule has 0 radical (unpaired) electrons. The van der Waals surface area contributed by atoms with Gasteiger partial charge >= 0.3 is 0 Å². The van der Waals surface area contributed by atoms with Gasteiger partial charge in [-0.2, -0.15) is 0 Å². The third kappa shape index (κ3) is 4.71. The first kappa shape index (κ1) is 23.2. The standard InChI is InChI=1S/C27H32N6O2/c1-19-6-5-7-21(16-19)33-15-14-32(18-20(33)2)26(35)27(10-12-28-13-11-27)31-25(34)24-17-29-22-8-3-4-9-23(22)30-24/h3-9,16-17,20,28H,10-15,18H2,1-2H3,(H,31,34). The van der Waals surface area contributed by atoms with E-state index in [4.69, 9.17) is 0 Å². The van der Waals surface area contributed by atoms with Crippen molar-refractivity contribution in [1.29, 1.82) is 0 Å². The number of hydrogen-bond donors (Lipinski definition) is 2. The SMILES string of the molecule is Cc1cccc(N2CCN(C(=O)C3(NC(=O)c4cnc5ccccc5n4)CCNCC3)CC2C)c1. The van der Waals surface area contributed by atoms with Crippen LogP contribution >= 0.6 is 0 Å². The molecule has 2 fully saturated rings. The number of fused-ring (bicyclic) bond motifs is 1. The number of anilines is 1. The zero-order valence-electron chi connectivity index (χ0n) is 20.3. The van der Waals surface area contributed by atoms with Gasteiger partial charge < -0.3 is 20.4 Å². The fraction of sp³-hybridized carbons (Fsp3) is 0.407. The number of hydrogen-bond acceptors (Lipinski definition) is 6. The molecule has 0 bridgehead atoms. The molecule has 0 aliphatic carbocycles. The van der Waals surface area contributed by atoms with Gasteiger partial charge in [0.15, 0.2) is 0 Å². The van der Waals surface area contributed by atoms with Gasteiger partial charge in [-0.3, -0.25) is 14.6 Å². The number of benzene rings is 2. The molecule has 8 nitrogen and oxygen atoms in total. The third-order valence-corrected chi connectivity index (χ3v) is 7.15. The minimum absolute atomic E-state index is 0.00293. The molecule has 1 atom stereocenters. The summed E-state index contributed by atoms with van der Waals surface area (Å²) in [6, 6.07) is 16.1. The van der Waals surface area contributed by atoms with Crippen molar-refractivity contribution in [3.63, 3.8) is 0 Å². The fourth-order valence-electron chi connectivity index (χ4n) is 5.23. The Morgan fingerprint density at radius 3 is 2.57 bits per heavy atom. The molecular formula is C27H32N6O2. The van der Waals surface area contributed by atoms with Crippen molar-refractivity contribution >= 4 is 28.5 Å². The van der Waals surface area contributed by atoms with Gasteiger partial charge in [0.05, 0.1) is 17.2 Å². The third-order valence-electron chi connectivity index (χ3n) is 7.15. The molecule has 1 unspecified atom stereocenters. The number of carbonyl (C=O) groups is 2. The van der Waals surface area contributed by atoms with E-state index in [1.807, 2.05) is 29.2 Å². The summed E-state index contributed by atoms with van der Waals surface area (Å²) in [4.78, 5) is 40.3. The topological polar surface area (TPSA) is 90.5 Å². The Hall–Kier alpha value is -3.52. The van der Waals surface area contributed by atoms with Crippen molar-refractivity contribution < 1.29 is 9.59 Å². The largest absolute Gasteiger partial charge is 0.365 e. The molecule has 2 amide bonds. The number of piperidine rings is 1. The second kappa shape index (κ2) is 9.62. The van der Waals surface area contributed by atoms with Crippen LogP contribution in [0.2, 0.25) is 0 Å². The van der Waals surface area contributed by atoms with Crippen molar-refractivity contribution in [2.45, 2.75) is 38.3 Å². The van der Waals surface area contributed by atoms with Gasteiger partial charge in [0.1, 0.15) is 11.2 Å². The molecular weight excluding hydrogens is 440 g/mol. The molecule has 2 aliphatic heterocycles. The summed E-state index contributed by atoms with van der Waals surface area (Å²) in [5, 5.41) is 6.41. The Balaban J connectivity index is 1.34. The highest BCUT2D eigenvalue weighted by Gasteiger charge is 2.45. The molecule has 3 heterocycles. The predicted octanol–water partition coefficient (Wildman–Crippen LogP) is 2.53. The highest BCUT2D eigenvalue weighted by Crippen LogP contribution is 2.26. The first-order chi connectivity index (χ1) is 16.9. The van der Waals surface area contributed by atoms with Crippen molar-refractivity contribution in [2.75, 3.05) is 37.6 Å². The van der Waals surface area contributed by atoms with Crippen molar-refractivity contribution in [3.8, 4) is 0 Å². The first-order valence-electron chi connectivity index (χ1n) is 12.3. The Morgan fingerprint density at radius 2 is 1.83 bits per heavy atom. The van der Waals surface area contributed by atoms with Gasteiger partial charge in [0, 0.05) is 31.4 Å². The van der Waals surface area contributed by atoms with Gasteiger partial charge in [-0.25, -0.2) is 4.98 Å². The van der Waals surface area contributed by atoms with Gasteiger partial charge in [-0.05, 0) is 69.6 Å². The minimum Gasteiger partial charge on any atom is -0.365 e. The zero-order chi connectivity index (χ0) is 24.4. The summed E-state index contributed by atoms with van der Waals surface area (Å²) in [7, 11) is 0. The number of carbonyl (C=O) groups excluding carboxylic acids is 2. The highest BCUT2D eigenvalue weighted by atomic mass is 16.2. The summed E-state index contributed by atoms with van der Waals surface area (Å²) in [5.74, 6) is -0.359. The van der Waals surface area contributed by atoms with Gasteiger partial charge in [-0.1, -0.05) is 24.3 Å². The number of nitrogens with one attached hydrogen (secondary N) is 2. The van der Waals surface area contributed by atoms with Crippen molar-refractivity contribution in [3.05, 3.63) is 66.0 Å². The maximum atomic E-state index is 13.9. The fourth-order valence-corrected chi connectivity index (χ4v) is 5.23. The van der Waals surface area contributed by atoms with Gasteiger partial charge in [0.25, 0.3) is 5.91 Å². The molecule has 3 aromatic rings. The van der Waals surface area contributed by atoms with E-state index in [9.17, 15) is 9.59 Å². The van der Waals surface area contributed by atoms with Gasteiger partial charge in [-0.15, -0.1) is 0 Å². The number of aromatic nitrogens is 2. The maximum absolute atomic E-state index is 13.9. The van der Waals surface area contributed by atoms with E-state index in [2.05, 4.69) is 63.6 Å². The number of piperazine rings is 1. The Bertz CT molecular complexity index is 1240. The number of para-hydroxylation sites is 2. The number of amides is 2. The van der Waals surface area contributed by atoms with E-state index in [0.29, 0.717) is 44.5 Å². The normalized spacial score (nSPS) is 20.0. The number of rotatable bonds is 4. The monoisotopic (exact) mass is 472 g/mol. The van der Waals surface area contributed by atoms with Crippen molar-refractivity contribution in [1.82, 2.24) is 25.5 Å². The zero-order valence-corrected chi connectivity index (χ0v) is 20.3. The molecule has 2 aliphatic rings. The summed E-state index contributed by atoms with van der Waals surface area (Å²) in [5.41, 5.74) is 3.09. The Kier molecular flexibility index (Phi) is 6.38. The van der Waals surface area contributed by atoms with E-state index >= 15 is 0 Å². The van der Waals surface area contributed by atoms with Gasteiger partial charge in [0.2, 0.25) is 5.91 Å². The molecule has 2 saturated heterocycles. The average Bonchev–Trinajstić information content (AvgIpc) is 2.88. The lowest BCUT2D eigenvalue weighted by molar-refractivity contribution is -0.140.